The Kier molecular flexibility index (Phi) is 8.01. The molecule has 2 amide bonds. The molecule has 2 bridgehead atoms. The fourth-order valence-electron chi connectivity index (χ4n) is 5.79. The Morgan fingerprint density at radius 1 is 1.15 bits per heavy atom. The number of nitrogens with zero attached hydrogens (tertiary/aromatic N) is 3. The van der Waals surface area contributed by atoms with Crippen molar-refractivity contribution in [3.8, 4) is 5.75 Å². The van der Waals surface area contributed by atoms with E-state index in [2.05, 4.69) is 22.2 Å². The highest BCUT2D eigenvalue weighted by Crippen LogP contribution is 2.45. The average Bonchev–Trinajstić information content (AvgIpc) is 2.84. The second-order valence-electron chi connectivity index (χ2n) is 12.6. The minimum atomic E-state index is -0.924. The molecule has 1 aromatic carbocycles. The van der Waals surface area contributed by atoms with Crippen LogP contribution in [-0.2, 0) is 9.47 Å². The minimum absolute atomic E-state index is 0.0443. The number of fused-ring (bicyclic) bond motifs is 4. The number of amides is 2. The van der Waals surface area contributed by atoms with Crippen LogP contribution in [0.3, 0.4) is 0 Å². The van der Waals surface area contributed by atoms with Gasteiger partial charge in [-0.2, -0.15) is 5.01 Å². The smallest absolute Gasteiger partial charge is 0.434 e. The number of benzene rings is 1. The van der Waals surface area contributed by atoms with Gasteiger partial charge in [-0.05, 0) is 96.5 Å². The molecule has 10 heteroatoms. The highest BCUT2D eigenvalue weighted by Gasteiger charge is 2.43. The fourth-order valence-corrected chi connectivity index (χ4v) is 5.79. The molecule has 3 aliphatic heterocycles. The molecule has 3 saturated heterocycles. The van der Waals surface area contributed by atoms with Crippen molar-refractivity contribution < 1.29 is 29.3 Å². The first-order valence-corrected chi connectivity index (χ1v) is 13.7. The third-order valence-corrected chi connectivity index (χ3v) is 7.44. The van der Waals surface area contributed by atoms with E-state index in [9.17, 15) is 19.8 Å². The number of hydrogen-bond acceptors (Lipinski definition) is 8. The van der Waals surface area contributed by atoms with Crippen LogP contribution >= 0.6 is 0 Å². The maximum atomic E-state index is 13.4. The molecule has 4 heterocycles. The zero-order valence-corrected chi connectivity index (χ0v) is 24.0. The summed E-state index contributed by atoms with van der Waals surface area (Å²) in [5.74, 6) is 0.881. The van der Waals surface area contributed by atoms with Crippen molar-refractivity contribution in [2.45, 2.75) is 91.1 Å². The summed E-state index contributed by atoms with van der Waals surface area (Å²) in [7, 11) is 0. The van der Waals surface area contributed by atoms with Gasteiger partial charge in [-0.3, -0.25) is 9.88 Å². The molecule has 3 N–H and O–H groups in total. The number of ether oxygens (including phenoxy) is 2. The van der Waals surface area contributed by atoms with Gasteiger partial charge < -0.3 is 19.7 Å². The van der Waals surface area contributed by atoms with Crippen molar-refractivity contribution in [2.24, 2.45) is 11.8 Å². The van der Waals surface area contributed by atoms with Gasteiger partial charge in [0.15, 0.2) is 0 Å². The van der Waals surface area contributed by atoms with Gasteiger partial charge in [0.25, 0.3) is 0 Å². The maximum absolute atomic E-state index is 13.4. The summed E-state index contributed by atoms with van der Waals surface area (Å²) in [4.78, 5) is 33.1. The molecule has 0 saturated carbocycles. The van der Waals surface area contributed by atoms with Crippen LogP contribution in [0.2, 0.25) is 0 Å². The lowest BCUT2D eigenvalue weighted by Crippen LogP contribution is -2.55. The standard InChI is InChI=1S/C29H42N4O6/c1-8-17-16-32-14-12-18(17)15-21(32)25(35)19-11-13-30-20-9-10-22(34)24(23(19)20)33(27(37)39-29(5,6)7)31-26(36)38-28(2,3)4/h9-11,13,17-18,21,25,34-35H,8,12,14-16H2,1-7H3,(H,31,36)/t17-,18?,21+,25-/m0/s1. The van der Waals surface area contributed by atoms with Crippen LogP contribution in [0.4, 0.5) is 15.3 Å². The quantitative estimate of drug-likeness (QED) is 0.446. The molecule has 5 atom stereocenters. The molecule has 39 heavy (non-hydrogen) atoms. The van der Waals surface area contributed by atoms with Crippen LogP contribution in [0, 0.1) is 11.8 Å². The van der Waals surface area contributed by atoms with E-state index in [1.54, 1.807) is 59.9 Å². The molecule has 3 fully saturated rings. The van der Waals surface area contributed by atoms with Crippen LogP contribution in [0.1, 0.15) is 79.4 Å². The number of nitrogens with one attached hydrogen (secondary N) is 1. The number of aromatic nitrogens is 1. The summed E-state index contributed by atoms with van der Waals surface area (Å²) < 4.78 is 11.0. The molecule has 0 aliphatic carbocycles. The molecular weight excluding hydrogens is 500 g/mol. The van der Waals surface area contributed by atoms with Crippen molar-refractivity contribution in [1.82, 2.24) is 15.3 Å². The third kappa shape index (κ3) is 6.38. The van der Waals surface area contributed by atoms with Crippen LogP contribution in [0.15, 0.2) is 24.4 Å². The Hall–Kier alpha value is -3.11. The lowest BCUT2D eigenvalue weighted by atomic mass is 9.72. The minimum Gasteiger partial charge on any atom is -0.506 e. The summed E-state index contributed by atoms with van der Waals surface area (Å²) in [6.07, 6.45) is 1.97. The number of aromatic hydroxyl groups is 1. The number of carbonyl (C=O) groups is 2. The summed E-state index contributed by atoms with van der Waals surface area (Å²) in [6.45, 7) is 14.3. The van der Waals surface area contributed by atoms with Gasteiger partial charge in [-0.1, -0.05) is 13.3 Å². The number of carbonyl (C=O) groups excluding carboxylic acids is 2. The van der Waals surface area contributed by atoms with Crippen molar-refractivity contribution in [3.63, 3.8) is 0 Å². The molecule has 1 aromatic heterocycles. The Balaban J connectivity index is 1.81. The Labute approximate surface area is 230 Å². The molecule has 10 nitrogen and oxygen atoms in total. The van der Waals surface area contributed by atoms with Crippen LogP contribution in [-0.4, -0.2) is 62.6 Å². The molecular formula is C29H42N4O6. The zero-order valence-electron chi connectivity index (χ0n) is 24.0. The second kappa shape index (κ2) is 10.8. The van der Waals surface area contributed by atoms with Crippen LogP contribution in [0.25, 0.3) is 10.9 Å². The van der Waals surface area contributed by atoms with E-state index in [1.807, 2.05) is 0 Å². The van der Waals surface area contributed by atoms with Gasteiger partial charge in [-0.25, -0.2) is 15.0 Å². The van der Waals surface area contributed by atoms with E-state index in [1.165, 1.54) is 6.07 Å². The average molecular weight is 543 g/mol. The number of hydrazine groups is 1. The number of phenols is 1. The summed E-state index contributed by atoms with van der Waals surface area (Å²) >= 11 is 0. The van der Waals surface area contributed by atoms with Gasteiger partial charge in [0, 0.05) is 24.2 Å². The van der Waals surface area contributed by atoms with Gasteiger partial charge in [0.05, 0.1) is 11.6 Å². The first kappa shape index (κ1) is 28.9. The highest BCUT2D eigenvalue weighted by molar-refractivity contribution is 6.05. The van der Waals surface area contributed by atoms with Crippen molar-refractivity contribution in [2.75, 3.05) is 18.1 Å². The lowest BCUT2D eigenvalue weighted by molar-refractivity contribution is -0.0562. The van der Waals surface area contributed by atoms with Crippen LogP contribution in [0.5, 0.6) is 5.75 Å². The number of aliphatic hydroxyl groups is 1. The summed E-state index contributed by atoms with van der Waals surface area (Å²) in [5, 5.41) is 24.1. The van der Waals surface area contributed by atoms with Crippen molar-refractivity contribution in [3.05, 3.63) is 30.0 Å². The predicted octanol–water partition coefficient (Wildman–Crippen LogP) is 5.28. The highest BCUT2D eigenvalue weighted by atomic mass is 16.6. The number of pyridine rings is 1. The maximum Gasteiger partial charge on any atom is 0.434 e. The number of rotatable bonds is 4. The largest absolute Gasteiger partial charge is 0.506 e. The number of piperidine rings is 3. The third-order valence-electron chi connectivity index (χ3n) is 7.44. The molecule has 214 valence electrons. The van der Waals surface area contributed by atoms with Gasteiger partial charge in [0.1, 0.15) is 22.6 Å². The lowest BCUT2D eigenvalue weighted by Gasteiger charge is -2.51. The number of phenolic OH excluding ortho intramolecular Hbond substituents is 1. The van der Waals surface area contributed by atoms with Gasteiger partial charge in [-0.15, -0.1) is 0 Å². The predicted molar refractivity (Wildman–Crippen MR) is 148 cm³/mol. The van der Waals surface area contributed by atoms with E-state index in [0.717, 1.165) is 37.4 Å². The second-order valence-corrected chi connectivity index (χ2v) is 12.6. The first-order valence-electron chi connectivity index (χ1n) is 13.7. The number of hydrogen-bond donors (Lipinski definition) is 3. The van der Waals surface area contributed by atoms with Gasteiger partial charge >= 0.3 is 12.2 Å². The summed E-state index contributed by atoms with van der Waals surface area (Å²) in [6, 6.07) is 4.61. The monoisotopic (exact) mass is 542 g/mol. The van der Waals surface area contributed by atoms with E-state index >= 15 is 0 Å². The van der Waals surface area contributed by atoms with E-state index < -0.39 is 29.5 Å². The Bertz CT molecular complexity index is 1220. The SMILES string of the molecule is CC[C@H]1CN2CCC1C[C@@H]2[C@@H](O)c1ccnc2ccc(O)c(N(NC(=O)OC(C)(C)C)C(=O)OC(C)(C)C)c12. The van der Waals surface area contributed by atoms with Crippen LogP contribution < -0.4 is 10.4 Å². The number of anilines is 1. The molecule has 2 unspecified atom stereocenters. The summed E-state index contributed by atoms with van der Waals surface area (Å²) in [5.41, 5.74) is 1.63. The van der Waals surface area contributed by atoms with E-state index in [-0.39, 0.29) is 17.5 Å². The topological polar surface area (TPSA) is 124 Å². The van der Waals surface area contributed by atoms with Crippen molar-refractivity contribution in [1.29, 1.82) is 0 Å². The molecule has 0 spiro atoms. The molecule has 3 aliphatic rings. The van der Waals surface area contributed by atoms with Crippen molar-refractivity contribution >= 4 is 28.8 Å². The molecule has 5 rings (SSSR count). The fraction of sp³-hybridized carbons (Fsp3) is 0.621. The zero-order chi connectivity index (χ0) is 28.7. The number of aliphatic hydroxyl groups excluding tert-OH is 1. The normalized spacial score (nSPS) is 23.8. The van der Waals surface area contributed by atoms with Gasteiger partial charge in [0.2, 0.25) is 0 Å². The molecule has 2 aromatic rings. The Morgan fingerprint density at radius 3 is 2.44 bits per heavy atom. The Morgan fingerprint density at radius 2 is 1.85 bits per heavy atom. The molecule has 0 radical (unpaired) electrons. The van der Waals surface area contributed by atoms with E-state index in [0.29, 0.717) is 28.3 Å². The van der Waals surface area contributed by atoms with E-state index in [4.69, 9.17) is 9.47 Å². The first-order chi connectivity index (χ1) is 18.2.